The number of hydrogen-bond acceptors (Lipinski definition) is 3. The van der Waals surface area contributed by atoms with Gasteiger partial charge >= 0.3 is 11.9 Å². The van der Waals surface area contributed by atoms with Crippen LogP contribution in [-0.2, 0) is 14.3 Å². The smallest absolute Gasteiger partial charge is 0.345 e. The maximum atomic E-state index is 11.6. The van der Waals surface area contributed by atoms with E-state index in [1.165, 1.54) is 77.0 Å². The van der Waals surface area contributed by atoms with E-state index in [0.717, 1.165) is 19.3 Å². The van der Waals surface area contributed by atoms with E-state index in [1.54, 1.807) is 6.92 Å². The second-order valence-electron chi connectivity index (χ2n) is 7.77. The lowest BCUT2D eigenvalue weighted by Crippen LogP contribution is -2.26. The zero-order chi connectivity index (χ0) is 20.9. The first-order chi connectivity index (χ1) is 13.6. The molecule has 0 aliphatic carbocycles. The standard InChI is InChI=1S/C24H44O4/c1-3-5-6-7-8-9-10-11-12-13-14-15-16-17-18-19-20-21-23(25)28-22(4-2)24(26)27/h11-12,22H,3-10,13-21H2,1-2H3,(H,26,27)/b12-11-. The predicted molar refractivity (Wildman–Crippen MR) is 116 cm³/mol. The van der Waals surface area contributed by atoms with Crippen LogP contribution in [0.3, 0.4) is 0 Å². The van der Waals surface area contributed by atoms with Gasteiger partial charge in [-0.2, -0.15) is 0 Å². The molecule has 0 heterocycles. The van der Waals surface area contributed by atoms with Crippen LogP contribution in [0.4, 0.5) is 0 Å². The molecule has 1 unspecified atom stereocenters. The third-order valence-electron chi connectivity index (χ3n) is 5.06. The molecule has 0 radical (unpaired) electrons. The fraction of sp³-hybridized carbons (Fsp3) is 0.833. The number of carbonyl (C=O) groups excluding carboxylic acids is 1. The van der Waals surface area contributed by atoms with E-state index in [4.69, 9.17) is 9.84 Å². The van der Waals surface area contributed by atoms with E-state index >= 15 is 0 Å². The first-order valence-electron chi connectivity index (χ1n) is 11.7. The van der Waals surface area contributed by atoms with Crippen molar-refractivity contribution in [3.05, 3.63) is 12.2 Å². The number of ether oxygens (including phenoxy) is 1. The minimum Gasteiger partial charge on any atom is -0.479 e. The van der Waals surface area contributed by atoms with Gasteiger partial charge in [-0.05, 0) is 38.5 Å². The normalized spacial score (nSPS) is 12.4. The van der Waals surface area contributed by atoms with E-state index in [9.17, 15) is 9.59 Å². The van der Waals surface area contributed by atoms with Gasteiger partial charge in [0, 0.05) is 6.42 Å². The molecule has 0 aromatic carbocycles. The van der Waals surface area contributed by atoms with Crippen molar-refractivity contribution in [2.45, 2.75) is 129 Å². The Morgan fingerprint density at radius 3 is 1.68 bits per heavy atom. The van der Waals surface area contributed by atoms with Crippen LogP contribution in [0.25, 0.3) is 0 Å². The molecule has 0 saturated carbocycles. The van der Waals surface area contributed by atoms with Crippen molar-refractivity contribution in [2.24, 2.45) is 0 Å². The number of esters is 1. The Labute approximate surface area is 173 Å². The summed E-state index contributed by atoms with van der Waals surface area (Å²) in [5.41, 5.74) is 0. The number of rotatable bonds is 20. The highest BCUT2D eigenvalue weighted by molar-refractivity contribution is 5.77. The Morgan fingerprint density at radius 1 is 0.750 bits per heavy atom. The summed E-state index contributed by atoms with van der Waals surface area (Å²) in [7, 11) is 0. The van der Waals surface area contributed by atoms with Gasteiger partial charge in [-0.3, -0.25) is 4.79 Å². The van der Waals surface area contributed by atoms with Crippen LogP contribution in [-0.4, -0.2) is 23.1 Å². The van der Waals surface area contributed by atoms with E-state index in [2.05, 4.69) is 19.1 Å². The Kier molecular flexibility index (Phi) is 19.5. The van der Waals surface area contributed by atoms with Crippen LogP contribution < -0.4 is 0 Å². The number of carbonyl (C=O) groups is 2. The number of carboxylic acid groups (broad SMARTS) is 1. The van der Waals surface area contributed by atoms with Gasteiger partial charge in [0.1, 0.15) is 0 Å². The van der Waals surface area contributed by atoms with Crippen molar-refractivity contribution in [1.29, 1.82) is 0 Å². The lowest BCUT2D eigenvalue weighted by atomic mass is 10.1. The van der Waals surface area contributed by atoms with Crippen molar-refractivity contribution in [3.8, 4) is 0 Å². The zero-order valence-corrected chi connectivity index (χ0v) is 18.4. The minimum absolute atomic E-state index is 0.315. The summed E-state index contributed by atoms with van der Waals surface area (Å²) in [5, 5.41) is 8.86. The van der Waals surface area contributed by atoms with Gasteiger partial charge in [0.15, 0.2) is 6.10 Å². The highest BCUT2D eigenvalue weighted by Gasteiger charge is 2.19. The third-order valence-corrected chi connectivity index (χ3v) is 5.06. The van der Waals surface area contributed by atoms with Crippen molar-refractivity contribution in [2.75, 3.05) is 0 Å². The summed E-state index contributed by atoms with van der Waals surface area (Å²) in [6.07, 6.45) is 22.9. The molecule has 0 aliphatic rings. The molecule has 0 amide bonds. The van der Waals surface area contributed by atoms with Crippen molar-refractivity contribution < 1.29 is 19.4 Å². The van der Waals surface area contributed by atoms with Gasteiger partial charge in [0.05, 0.1) is 0 Å². The van der Waals surface area contributed by atoms with Crippen LogP contribution >= 0.6 is 0 Å². The van der Waals surface area contributed by atoms with Crippen LogP contribution in [0, 0.1) is 0 Å². The second kappa shape index (κ2) is 20.4. The summed E-state index contributed by atoms with van der Waals surface area (Å²) in [6, 6.07) is 0. The first kappa shape index (κ1) is 26.7. The molecule has 4 nitrogen and oxygen atoms in total. The minimum atomic E-state index is -1.06. The van der Waals surface area contributed by atoms with Gasteiger partial charge in [-0.1, -0.05) is 90.2 Å². The average Bonchev–Trinajstić information content (AvgIpc) is 2.68. The lowest BCUT2D eigenvalue weighted by molar-refractivity contribution is -0.164. The molecule has 28 heavy (non-hydrogen) atoms. The van der Waals surface area contributed by atoms with E-state index in [1.807, 2.05) is 0 Å². The summed E-state index contributed by atoms with van der Waals surface area (Å²) in [4.78, 5) is 22.4. The molecule has 0 saturated heterocycles. The van der Waals surface area contributed by atoms with E-state index < -0.39 is 12.1 Å². The summed E-state index contributed by atoms with van der Waals surface area (Å²) in [5.74, 6) is -1.45. The number of hydrogen-bond donors (Lipinski definition) is 1. The molecule has 0 aliphatic heterocycles. The molecule has 4 heteroatoms. The van der Waals surface area contributed by atoms with Crippen LogP contribution in [0.1, 0.15) is 123 Å². The Bertz CT molecular complexity index is 403. The van der Waals surface area contributed by atoms with Gasteiger partial charge in [0.2, 0.25) is 0 Å². The van der Waals surface area contributed by atoms with Crippen molar-refractivity contribution in [3.63, 3.8) is 0 Å². The Morgan fingerprint density at radius 2 is 1.21 bits per heavy atom. The average molecular weight is 397 g/mol. The maximum absolute atomic E-state index is 11.6. The van der Waals surface area contributed by atoms with Crippen molar-refractivity contribution in [1.82, 2.24) is 0 Å². The summed E-state index contributed by atoms with van der Waals surface area (Å²) < 4.78 is 4.95. The van der Waals surface area contributed by atoms with Crippen molar-refractivity contribution >= 4 is 11.9 Å². The quantitative estimate of drug-likeness (QED) is 0.134. The second-order valence-corrected chi connectivity index (χ2v) is 7.77. The number of allylic oxidation sites excluding steroid dienone is 2. The summed E-state index contributed by atoms with van der Waals surface area (Å²) >= 11 is 0. The number of carboxylic acids is 1. The molecule has 1 N–H and O–H groups in total. The number of unbranched alkanes of at least 4 members (excludes halogenated alkanes) is 13. The van der Waals surface area contributed by atoms with Crippen LogP contribution in [0.2, 0.25) is 0 Å². The molecular weight excluding hydrogens is 352 g/mol. The maximum Gasteiger partial charge on any atom is 0.345 e. The van der Waals surface area contributed by atoms with E-state index in [0.29, 0.717) is 12.8 Å². The third kappa shape index (κ3) is 18.1. The molecule has 0 spiro atoms. The molecule has 1 atom stereocenters. The lowest BCUT2D eigenvalue weighted by Gasteiger charge is -2.11. The van der Waals surface area contributed by atoms with E-state index in [-0.39, 0.29) is 5.97 Å². The highest BCUT2D eigenvalue weighted by atomic mass is 16.6. The molecule has 164 valence electrons. The molecule has 0 bridgehead atoms. The topological polar surface area (TPSA) is 63.6 Å². The number of aliphatic carboxylic acids is 1. The molecular formula is C24H44O4. The molecule has 0 fully saturated rings. The van der Waals surface area contributed by atoms with Gasteiger partial charge < -0.3 is 9.84 Å². The predicted octanol–water partition coefficient (Wildman–Crippen LogP) is 7.21. The Hall–Kier alpha value is -1.32. The van der Waals surface area contributed by atoms with Gasteiger partial charge in [0.25, 0.3) is 0 Å². The largest absolute Gasteiger partial charge is 0.479 e. The molecule has 0 aromatic rings. The first-order valence-corrected chi connectivity index (χ1v) is 11.7. The monoisotopic (exact) mass is 396 g/mol. The highest BCUT2D eigenvalue weighted by Crippen LogP contribution is 2.12. The van der Waals surface area contributed by atoms with Gasteiger partial charge in [-0.15, -0.1) is 0 Å². The SMILES string of the molecule is CCCCCCCC/C=C\CCCCCCCCCC(=O)OC(CC)C(=O)O. The van der Waals surface area contributed by atoms with Crippen LogP contribution in [0.15, 0.2) is 12.2 Å². The van der Waals surface area contributed by atoms with Gasteiger partial charge in [-0.25, -0.2) is 4.79 Å². The van der Waals surface area contributed by atoms with Crippen LogP contribution in [0.5, 0.6) is 0 Å². The zero-order valence-electron chi connectivity index (χ0n) is 18.4. The summed E-state index contributed by atoms with van der Waals surface area (Å²) in [6.45, 7) is 3.96. The Balaban J connectivity index is 3.32. The fourth-order valence-corrected chi connectivity index (χ4v) is 3.22. The molecule has 0 rings (SSSR count). The molecule has 0 aromatic heterocycles. The fourth-order valence-electron chi connectivity index (χ4n) is 3.22.